The van der Waals surface area contributed by atoms with E-state index in [1.807, 2.05) is 12.1 Å². The zero-order valence-corrected chi connectivity index (χ0v) is 45.8. The Labute approximate surface area is 463 Å². The fourth-order valence-electron chi connectivity index (χ4n) is 11.1. The Balaban J connectivity index is 1.06. The van der Waals surface area contributed by atoms with Crippen molar-refractivity contribution in [3.63, 3.8) is 0 Å². The van der Waals surface area contributed by atoms with Crippen LogP contribution in [0.1, 0.15) is 112 Å². The van der Waals surface area contributed by atoms with Gasteiger partial charge in [0.25, 0.3) is 5.91 Å². The first-order valence-electron chi connectivity index (χ1n) is 28.4. The number of amides is 7. The minimum absolute atomic E-state index is 0.00431. The van der Waals surface area contributed by atoms with Gasteiger partial charge in [-0.2, -0.15) is 0 Å². The van der Waals surface area contributed by atoms with Crippen LogP contribution in [0.3, 0.4) is 0 Å². The first-order chi connectivity index (χ1) is 38.0. The smallest absolute Gasteiger partial charge is 0.251 e. The molecule has 0 bridgehead atoms. The molecule has 7 amide bonds. The predicted octanol–water partition coefficient (Wildman–Crippen LogP) is 1.34. The van der Waals surface area contributed by atoms with E-state index in [0.29, 0.717) is 5.56 Å². The van der Waals surface area contributed by atoms with Gasteiger partial charge in [0.15, 0.2) is 0 Å². The molecular weight excluding hydrogens is 1010 g/mol. The second-order valence-electron chi connectivity index (χ2n) is 21.7. The number of carbonyl (C=O) groups is 7. The van der Waals surface area contributed by atoms with E-state index in [1.165, 1.54) is 73.7 Å². The molecule has 0 unspecified atom stereocenters. The number of hydrogen-bond acceptors (Lipinski definition) is 14. The molecular formula is C58H83N11O10. The number of hydrogen-bond donors (Lipinski definition) is 10. The number of aliphatic hydroxyl groups is 2. The van der Waals surface area contributed by atoms with E-state index in [1.54, 1.807) is 24.3 Å². The minimum atomic E-state index is -1.65. The van der Waals surface area contributed by atoms with E-state index >= 15 is 0 Å². The van der Waals surface area contributed by atoms with E-state index < -0.39 is 95.9 Å². The van der Waals surface area contributed by atoms with E-state index in [4.69, 9.17) is 11.5 Å². The van der Waals surface area contributed by atoms with Crippen molar-refractivity contribution in [2.75, 3.05) is 62.2 Å². The lowest BCUT2D eigenvalue weighted by Gasteiger charge is -2.37. The maximum Gasteiger partial charge on any atom is 0.251 e. The van der Waals surface area contributed by atoms with Gasteiger partial charge in [-0.15, -0.1) is 0 Å². The summed E-state index contributed by atoms with van der Waals surface area (Å²) in [7, 11) is 0. The van der Waals surface area contributed by atoms with E-state index in [9.17, 15) is 48.9 Å². The average molecular weight is 1090 g/mol. The van der Waals surface area contributed by atoms with Crippen molar-refractivity contribution in [2.24, 2.45) is 11.5 Å². The molecule has 7 rings (SSSR count). The highest BCUT2D eigenvalue weighted by Gasteiger charge is 2.45. The number of aliphatic hydroxyl groups excluding tert-OH is 2. The number of rotatable bonds is 17. The summed E-state index contributed by atoms with van der Waals surface area (Å²) in [5.41, 5.74) is 16.8. The van der Waals surface area contributed by atoms with Crippen LogP contribution in [0.2, 0.25) is 0 Å². The van der Waals surface area contributed by atoms with Gasteiger partial charge >= 0.3 is 0 Å². The Hall–Kier alpha value is -6.81. The van der Waals surface area contributed by atoms with Gasteiger partial charge in [-0.1, -0.05) is 63.3 Å². The summed E-state index contributed by atoms with van der Waals surface area (Å²) in [6.45, 7) is 6.34. The van der Waals surface area contributed by atoms with Crippen molar-refractivity contribution in [3.8, 4) is 5.75 Å². The number of carbonyl (C=O) groups excluding carboxylic acids is 7. The Bertz CT molecular complexity index is 2530. The fourth-order valence-corrected chi connectivity index (χ4v) is 11.1. The van der Waals surface area contributed by atoms with Crippen LogP contribution in [0.15, 0.2) is 72.8 Å². The summed E-state index contributed by atoms with van der Waals surface area (Å²) in [5.74, 6) is -4.99. The van der Waals surface area contributed by atoms with Crippen LogP contribution in [0.5, 0.6) is 5.75 Å². The van der Waals surface area contributed by atoms with Crippen molar-refractivity contribution < 1.29 is 48.9 Å². The van der Waals surface area contributed by atoms with E-state index in [-0.39, 0.29) is 82.4 Å². The first kappa shape index (κ1) is 59.8. The summed E-state index contributed by atoms with van der Waals surface area (Å²) < 4.78 is 0. The van der Waals surface area contributed by atoms with E-state index in [2.05, 4.69) is 67.6 Å². The van der Waals surface area contributed by atoms with Crippen molar-refractivity contribution in [1.29, 1.82) is 0 Å². The number of piperazine rings is 1. The molecule has 4 fully saturated rings. The maximum atomic E-state index is 14.4. The lowest BCUT2D eigenvalue weighted by molar-refractivity contribution is -0.145. The lowest BCUT2D eigenvalue weighted by Crippen LogP contribution is -2.61. The number of phenolic OH excluding ortho intramolecular Hbond substituents is 1. The number of aryl methyl sites for hydroxylation is 2. The zero-order chi connectivity index (χ0) is 56.6. The Morgan fingerprint density at radius 1 is 0.684 bits per heavy atom. The Kier molecular flexibility index (Phi) is 21.9. The molecule has 430 valence electrons. The van der Waals surface area contributed by atoms with Gasteiger partial charge in [0.1, 0.15) is 42.0 Å². The molecule has 21 nitrogen and oxygen atoms in total. The molecule has 4 aliphatic heterocycles. The normalized spacial score (nSPS) is 25.3. The molecule has 9 atom stereocenters. The number of nitrogens with zero attached hydrogens (tertiary/aromatic N) is 4. The molecule has 0 radical (unpaired) electrons. The molecule has 21 heteroatoms. The van der Waals surface area contributed by atoms with Gasteiger partial charge in [0.05, 0.1) is 12.2 Å². The van der Waals surface area contributed by atoms with Gasteiger partial charge in [0.2, 0.25) is 35.4 Å². The summed E-state index contributed by atoms with van der Waals surface area (Å²) >= 11 is 0. The molecule has 4 saturated heterocycles. The zero-order valence-electron chi connectivity index (χ0n) is 45.8. The van der Waals surface area contributed by atoms with Crippen LogP contribution in [-0.4, -0.2) is 173 Å². The van der Waals surface area contributed by atoms with Crippen LogP contribution in [0.4, 0.5) is 11.4 Å². The number of anilines is 2. The number of nitrogens with two attached hydrogens (primary N) is 2. The predicted molar refractivity (Wildman–Crippen MR) is 300 cm³/mol. The van der Waals surface area contributed by atoms with Crippen molar-refractivity contribution in [2.45, 2.75) is 158 Å². The highest BCUT2D eigenvalue weighted by atomic mass is 16.3. The van der Waals surface area contributed by atoms with Crippen molar-refractivity contribution in [3.05, 3.63) is 89.5 Å². The van der Waals surface area contributed by atoms with Crippen LogP contribution >= 0.6 is 0 Å². The number of fused-ring (bicyclic) bond motifs is 2. The molecule has 12 N–H and O–H groups in total. The molecule has 3 aromatic rings. The van der Waals surface area contributed by atoms with Crippen LogP contribution in [0, 0.1) is 0 Å². The lowest BCUT2D eigenvalue weighted by atomic mass is 10.0. The number of phenols is 1. The fraction of sp³-hybridized carbons (Fsp3) is 0.569. The number of nitrogens with one attached hydrogen (secondary N) is 5. The molecule has 0 saturated carbocycles. The summed E-state index contributed by atoms with van der Waals surface area (Å²) in [6.07, 6.45) is 6.18. The molecule has 0 spiro atoms. The molecule has 4 aliphatic rings. The van der Waals surface area contributed by atoms with Crippen LogP contribution in [-0.2, 0) is 41.6 Å². The SMILES string of the molecule is CCCCCCCCc1ccc(N2CCN(c3ccc(C(=O)N[C@H]4CCCNC(=O)[C@@H]5C[C@H](N)CN5C(=O)[C@H](CCN)NC(=O)[C@H](CCc5ccc(O)cc5)NC(=O)[C@@H]5C[C@@H](O)CN5C(=O)[C@H]([C@@H](C)O)NC4=O)cc3)CC2)cc1. The van der Waals surface area contributed by atoms with Gasteiger partial charge < -0.3 is 73.0 Å². The maximum absolute atomic E-state index is 14.4. The molecule has 4 heterocycles. The molecule has 79 heavy (non-hydrogen) atoms. The standard InChI is InChI=1S/C58H83N11O10/c1-3-4-5-6-7-8-10-38-12-19-42(20-13-38)66-29-31-67(32-30-66)43-21-17-40(18-22-43)52(73)62-46-11-9-28-61-55(76)49-33-41(60)35-68(49)57(78)48(26-27-59)64-53(74)47(25-16-39-14-23-44(71)24-15-39)63-56(77)50-34-45(72)36-69(50)58(79)51(37(2)70)65-54(46)75/h12-15,17-24,37,41,45-51,70-72H,3-11,16,25-36,59-60H2,1-2H3,(H,61,76)(H,62,73)(H,63,77)(H,64,74)(H,65,75)/t37-,41+,45-,46+,47+,48+,49+,50+,51+/m1/s1. The van der Waals surface area contributed by atoms with Gasteiger partial charge in [-0.25, -0.2) is 0 Å². The molecule has 0 aromatic heterocycles. The van der Waals surface area contributed by atoms with Gasteiger partial charge in [-0.05, 0) is 124 Å². The highest BCUT2D eigenvalue weighted by molar-refractivity contribution is 6.00. The third-order valence-electron chi connectivity index (χ3n) is 15.7. The van der Waals surface area contributed by atoms with Crippen LogP contribution in [0.25, 0.3) is 0 Å². The average Bonchev–Trinajstić information content (AvgIpc) is 4.05. The topological polar surface area (TPSA) is 305 Å². The summed E-state index contributed by atoms with van der Waals surface area (Å²) in [6, 6.07) is 13.8. The number of benzene rings is 3. The highest BCUT2D eigenvalue weighted by Crippen LogP contribution is 2.25. The third kappa shape index (κ3) is 16.4. The number of unbranched alkanes of at least 4 members (excludes halogenated alkanes) is 5. The Morgan fingerprint density at radius 2 is 1.27 bits per heavy atom. The second kappa shape index (κ2) is 28.9. The monoisotopic (exact) mass is 1090 g/mol. The Morgan fingerprint density at radius 3 is 1.91 bits per heavy atom. The van der Waals surface area contributed by atoms with Crippen LogP contribution < -0.4 is 47.9 Å². The molecule has 3 aromatic carbocycles. The van der Waals surface area contributed by atoms with Crippen molar-refractivity contribution in [1.82, 2.24) is 36.4 Å². The molecule has 0 aliphatic carbocycles. The second-order valence-corrected chi connectivity index (χ2v) is 21.7. The largest absolute Gasteiger partial charge is 0.508 e. The minimum Gasteiger partial charge on any atom is -0.508 e. The summed E-state index contributed by atoms with van der Waals surface area (Å²) in [4.78, 5) is 107. The van der Waals surface area contributed by atoms with Gasteiger partial charge in [-0.3, -0.25) is 33.6 Å². The summed E-state index contributed by atoms with van der Waals surface area (Å²) in [5, 5.41) is 45.5. The van der Waals surface area contributed by atoms with Gasteiger partial charge in [0, 0.05) is 75.2 Å². The third-order valence-corrected chi connectivity index (χ3v) is 15.7. The first-order valence-corrected chi connectivity index (χ1v) is 28.4. The van der Waals surface area contributed by atoms with Crippen molar-refractivity contribution >= 4 is 52.7 Å². The number of aromatic hydroxyl groups is 1. The quantitative estimate of drug-likeness (QED) is 0.0854. The van der Waals surface area contributed by atoms with E-state index in [0.717, 1.165) is 43.2 Å².